The second-order valence-electron chi connectivity index (χ2n) is 6.72. The van der Waals surface area contributed by atoms with Gasteiger partial charge in [0.1, 0.15) is 5.60 Å². The van der Waals surface area contributed by atoms with Crippen molar-refractivity contribution in [2.24, 2.45) is 0 Å². The van der Waals surface area contributed by atoms with E-state index in [0.29, 0.717) is 0 Å². The van der Waals surface area contributed by atoms with Gasteiger partial charge in [-0.2, -0.15) is 0 Å². The number of piperazine rings is 1. The lowest BCUT2D eigenvalue weighted by molar-refractivity contribution is 0.0144. The van der Waals surface area contributed by atoms with Crippen LogP contribution < -0.4 is 0 Å². The van der Waals surface area contributed by atoms with Crippen LogP contribution in [0.2, 0.25) is 0 Å². The van der Waals surface area contributed by atoms with Gasteiger partial charge in [0, 0.05) is 26.2 Å². The van der Waals surface area contributed by atoms with Crippen molar-refractivity contribution in [3.05, 3.63) is 0 Å². The summed E-state index contributed by atoms with van der Waals surface area (Å²) in [6.07, 6.45) is 6.46. The Bertz CT molecular complexity index is 279. The Hall–Kier alpha value is -0.770. The minimum atomic E-state index is -0.395. The number of nitrogens with zero attached hydrogens (tertiary/aromatic N) is 2. The summed E-state index contributed by atoms with van der Waals surface area (Å²) in [6.45, 7) is 12.7. The Morgan fingerprint density at radius 3 is 2.15 bits per heavy atom. The van der Waals surface area contributed by atoms with Gasteiger partial charge in [-0.1, -0.05) is 32.6 Å². The summed E-state index contributed by atoms with van der Waals surface area (Å²) in [6, 6.07) is 0. The van der Waals surface area contributed by atoms with Crippen LogP contribution in [0.3, 0.4) is 0 Å². The second-order valence-corrected chi connectivity index (χ2v) is 6.72. The summed E-state index contributed by atoms with van der Waals surface area (Å²) >= 11 is 0. The maximum absolute atomic E-state index is 11.9. The van der Waals surface area contributed by atoms with Gasteiger partial charge in [0.2, 0.25) is 0 Å². The molecule has 4 heteroatoms. The molecular weight excluding hydrogens is 252 g/mol. The van der Waals surface area contributed by atoms with Gasteiger partial charge in [-0.3, -0.25) is 4.90 Å². The Kier molecular flexibility index (Phi) is 7.35. The fraction of sp³-hybridized carbons (Fsp3) is 0.938. The van der Waals surface area contributed by atoms with E-state index < -0.39 is 5.60 Å². The summed E-state index contributed by atoms with van der Waals surface area (Å²) < 4.78 is 5.41. The third-order valence-electron chi connectivity index (χ3n) is 3.60. The first-order valence-corrected chi connectivity index (χ1v) is 8.12. The van der Waals surface area contributed by atoms with Gasteiger partial charge in [0.15, 0.2) is 0 Å². The van der Waals surface area contributed by atoms with E-state index >= 15 is 0 Å². The molecule has 1 aliphatic heterocycles. The molecule has 1 amide bonds. The van der Waals surface area contributed by atoms with Gasteiger partial charge in [-0.25, -0.2) is 4.79 Å². The van der Waals surface area contributed by atoms with Crippen molar-refractivity contribution in [2.75, 3.05) is 32.7 Å². The molecule has 0 N–H and O–H groups in total. The molecule has 20 heavy (non-hydrogen) atoms. The number of ether oxygens (including phenoxy) is 1. The van der Waals surface area contributed by atoms with E-state index in [1.165, 1.54) is 38.6 Å². The maximum atomic E-state index is 11.9. The number of amides is 1. The van der Waals surface area contributed by atoms with E-state index in [1.54, 1.807) is 0 Å². The molecule has 0 aromatic heterocycles. The van der Waals surface area contributed by atoms with Crippen LogP contribution in [-0.4, -0.2) is 54.2 Å². The molecule has 0 aliphatic carbocycles. The molecule has 1 rings (SSSR count). The summed E-state index contributed by atoms with van der Waals surface area (Å²) in [5.41, 5.74) is -0.395. The van der Waals surface area contributed by atoms with E-state index in [4.69, 9.17) is 4.74 Å². The van der Waals surface area contributed by atoms with Crippen molar-refractivity contribution in [1.29, 1.82) is 0 Å². The third kappa shape index (κ3) is 7.13. The predicted octanol–water partition coefficient (Wildman–Crippen LogP) is 3.51. The number of hydrogen-bond acceptors (Lipinski definition) is 3. The molecule has 0 radical (unpaired) electrons. The van der Waals surface area contributed by atoms with Crippen molar-refractivity contribution in [2.45, 2.75) is 65.4 Å². The van der Waals surface area contributed by atoms with Crippen LogP contribution in [-0.2, 0) is 4.74 Å². The topological polar surface area (TPSA) is 32.8 Å². The van der Waals surface area contributed by atoms with Gasteiger partial charge in [-0.15, -0.1) is 0 Å². The zero-order chi connectivity index (χ0) is 15.0. The molecule has 0 aromatic rings. The molecule has 0 bridgehead atoms. The monoisotopic (exact) mass is 284 g/mol. The van der Waals surface area contributed by atoms with Crippen LogP contribution >= 0.6 is 0 Å². The number of carbonyl (C=O) groups excluding carboxylic acids is 1. The average molecular weight is 284 g/mol. The molecule has 1 aliphatic rings. The van der Waals surface area contributed by atoms with Gasteiger partial charge in [0.05, 0.1) is 0 Å². The quantitative estimate of drug-likeness (QED) is 0.700. The van der Waals surface area contributed by atoms with Crippen molar-refractivity contribution in [3.63, 3.8) is 0 Å². The Balaban J connectivity index is 2.15. The highest BCUT2D eigenvalue weighted by atomic mass is 16.6. The minimum absolute atomic E-state index is 0.167. The van der Waals surface area contributed by atoms with E-state index in [2.05, 4.69) is 11.8 Å². The van der Waals surface area contributed by atoms with Gasteiger partial charge < -0.3 is 9.64 Å². The molecule has 1 fully saturated rings. The zero-order valence-electron chi connectivity index (χ0n) is 13.8. The Labute approximate surface area is 124 Å². The minimum Gasteiger partial charge on any atom is -0.444 e. The number of unbranched alkanes of at least 4 members (excludes halogenated alkanes) is 4. The van der Waals surface area contributed by atoms with Crippen LogP contribution in [0, 0.1) is 0 Å². The SMILES string of the molecule is CCCCCCCN1CCN(C(=O)OC(C)(C)C)CC1. The standard InChI is InChI=1S/C16H32N2O2/c1-5-6-7-8-9-10-17-11-13-18(14-12-17)15(19)20-16(2,3)4/h5-14H2,1-4H3. The molecule has 4 nitrogen and oxygen atoms in total. The van der Waals surface area contributed by atoms with Crippen LogP contribution in [0.15, 0.2) is 0 Å². The van der Waals surface area contributed by atoms with Crippen LogP contribution in [0.4, 0.5) is 4.79 Å². The van der Waals surface area contributed by atoms with E-state index in [-0.39, 0.29) is 6.09 Å². The first-order valence-electron chi connectivity index (χ1n) is 8.12. The fourth-order valence-electron chi connectivity index (χ4n) is 2.42. The first-order chi connectivity index (χ1) is 9.42. The van der Waals surface area contributed by atoms with Crippen molar-refractivity contribution >= 4 is 6.09 Å². The number of carbonyl (C=O) groups is 1. The molecule has 1 saturated heterocycles. The van der Waals surface area contributed by atoms with Crippen LogP contribution in [0.1, 0.15) is 59.8 Å². The lowest BCUT2D eigenvalue weighted by atomic mass is 10.1. The molecular formula is C16H32N2O2. The summed E-state index contributed by atoms with van der Waals surface area (Å²) in [5, 5.41) is 0. The summed E-state index contributed by atoms with van der Waals surface area (Å²) in [4.78, 5) is 16.2. The lowest BCUT2D eigenvalue weighted by Crippen LogP contribution is -2.50. The normalized spacial score (nSPS) is 17.3. The van der Waals surface area contributed by atoms with Gasteiger partial charge in [0.25, 0.3) is 0 Å². The average Bonchev–Trinajstić information content (AvgIpc) is 2.37. The molecule has 0 saturated carbocycles. The molecule has 118 valence electrons. The Morgan fingerprint density at radius 2 is 1.60 bits per heavy atom. The largest absolute Gasteiger partial charge is 0.444 e. The van der Waals surface area contributed by atoms with Gasteiger partial charge >= 0.3 is 6.09 Å². The summed E-state index contributed by atoms with van der Waals surface area (Å²) in [5.74, 6) is 0. The van der Waals surface area contributed by atoms with E-state index in [0.717, 1.165) is 26.2 Å². The highest BCUT2D eigenvalue weighted by Gasteiger charge is 2.25. The zero-order valence-corrected chi connectivity index (χ0v) is 13.8. The highest BCUT2D eigenvalue weighted by Crippen LogP contribution is 2.12. The number of hydrogen-bond donors (Lipinski definition) is 0. The maximum Gasteiger partial charge on any atom is 0.410 e. The van der Waals surface area contributed by atoms with Gasteiger partial charge in [-0.05, 0) is 33.7 Å². The van der Waals surface area contributed by atoms with Crippen molar-refractivity contribution < 1.29 is 9.53 Å². The lowest BCUT2D eigenvalue weighted by Gasteiger charge is -2.35. The predicted molar refractivity (Wildman–Crippen MR) is 83.0 cm³/mol. The molecule has 0 spiro atoms. The van der Waals surface area contributed by atoms with Crippen molar-refractivity contribution in [1.82, 2.24) is 9.80 Å². The van der Waals surface area contributed by atoms with Crippen molar-refractivity contribution in [3.8, 4) is 0 Å². The molecule has 0 atom stereocenters. The highest BCUT2D eigenvalue weighted by molar-refractivity contribution is 5.68. The Morgan fingerprint density at radius 1 is 1.00 bits per heavy atom. The molecule has 0 unspecified atom stereocenters. The van der Waals surface area contributed by atoms with E-state index in [1.807, 2.05) is 25.7 Å². The molecule has 1 heterocycles. The molecule has 0 aromatic carbocycles. The van der Waals surface area contributed by atoms with Crippen LogP contribution in [0.25, 0.3) is 0 Å². The number of rotatable bonds is 6. The second kappa shape index (κ2) is 8.50. The summed E-state index contributed by atoms with van der Waals surface area (Å²) in [7, 11) is 0. The first kappa shape index (κ1) is 17.3. The smallest absolute Gasteiger partial charge is 0.410 e. The van der Waals surface area contributed by atoms with Crippen LogP contribution in [0.5, 0.6) is 0 Å². The van der Waals surface area contributed by atoms with E-state index in [9.17, 15) is 4.79 Å². The fourth-order valence-corrected chi connectivity index (χ4v) is 2.42. The third-order valence-corrected chi connectivity index (χ3v) is 3.60.